The van der Waals surface area contributed by atoms with Gasteiger partial charge in [0.15, 0.2) is 6.61 Å². The number of carbonyl (C=O) groups excluding carboxylic acids is 1. The van der Waals surface area contributed by atoms with Gasteiger partial charge in [0.05, 0.1) is 17.3 Å². The van der Waals surface area contributed by atoms with Crippen molar-refractivity contribution in [3.05, 3.63) is 57.5 Å². The van der Waals surface area contributed by atoms with Crippen LogP contribution in [0.25, 0.3) is 0 Å². The molecule has 1 amide bonds. The number of para-hydroxylation sites is 2. The van der Waals surface area contributed by atoms with Crippen molar-refractivity contribution in [2.24, 2.45) is 0 Å². The quantitative estimate of drug-likeness (QED) is 0.845. The molecular formula is C15H13BrClNO3. The van der Waals surface area contributed by atoms with Gasteiger partial charge in [-0.1, -0.05) is 35.9 Å². The van der Waals surface area contributed by atoms with Crippen molar-refractivity contribution in [3.63, 3.8) is 0 Å². The zero-order valence-electron chi connectivity index (χ0n) is 11.0. The summed E-state index contributed by atoms with van der Waals surface area (Å²) < 4.78 is 6.20. The van der Waals surface area contributed by atoms with E-state index in [1.807, 2.05) is 18.2 Å². The first-order valence-electron chi connectivity index (χ1n) is 6.17. The number of ether oxygens (including phenoxy) is 1. The molecule has 0 saturated heterocycles. The van der Waals surface area contributed by atoms with E-state index < -0.39 is 0 Å². The summed E-state index contributed by atoms with van der Waals surface area (Å²) in [5.41, 5.74) is 1.20. The van der Waals surface area contributed by atoms with E-state index in [9.17, 15) is 9.90 Å². The Morgan fingerprint density at radius 3 is 2.71 bits per heavy atom. The van der Waals surface area contributed by atoms with Gasteiger partial charge in [-0.05, 0) is 34.1 Å². The molecule has 21 heavy (non-hydrogen) atoms. The number of anilines is 1. The van der Waals surface area contributed by atoms with E-state index in [4.69, 9.17) is 16.3 Å². The van der Waals surface area contributed by atoms with Gasteiger partial charge in [-0.2, -0.15) is 0 Å². The number of amides is 1. The van der Waals surface area contributed by atoms with Crippen molar-refractivity contribution in [2.45, 2.75) is 6.61 Å². The van der Waals surface area contributed by atoms with Gasteiger partial charge < -0.3 is 15.2 Å². The molecular weight excluding hydrogens is 358 g/mol. The maximum atomic E-state index is 11.9. The molecule has 0 unspecified atom stereocenters. The van der Waals surface area contributed by atoms with Crippen molar-refractivity contribution in [2.75, 3.05) is 11.9 Å². The minimum absolute atomic E-state index is 0.196. The first-order valence-corrected chi connectivity index (χ1v) is 7.34. The topological polar surface area (TPSA) is 58.6 Å². The highest BCUT2D eigenvalue weighted by molar-refractivity contribution is 9.10. The highest BCUT2D eigenvalue weighted by Gasteiger charge is 2.11. The number of benzene rings is 2. The van der Waals surface area contributed by atoms with E-state index in [2.05, 4.69) is 21.2 Å². The van der Waals surface area contributed by atoms with Gasteiger partial charge in [-0.3, -0.25) is 4.79 Å². The Bertz CT molecular complexity index is 649. The average molecular weight is 371 g/mol. The lowest BCUT2D eigenvalue weighted by atomic mass is 10.2. The molecule has 0 aliphatic rings. The van der Waals surface area contributed by atoms with Crippen molar-refractivity contribution < 1.29 is 14.6 Å². The van der Waals surface area contributed by atoms with Gasteiger partial charge in [0.2, 0.25) is 0 Å². The lowest BCUT2D eigenvalue weighted by molar-refractivity contribution is -0.118. The number of aliphatic hydroxyl groups excluding tert-OH is 1. The second-order valence-electron chi connectivity index (χ2n) is 4.20. The van der Waals surface area contributed by atoms with Crippen molar-refractivity contribution in [1.29, 1.82) is 0 Å². The summed E-state index contributed by atoms with van der Waals surface area (Å²) >= 11 is 9.35. The highest BCUT2D eigenvalue weighted by Crippen LogP contribution is 2.28. The molecule has 0 heterocycles. The normalized spacial score (nSPS) is 10.2. The third-order valence-electron chi connectivity index (χ3n) is 2.71. The zero-order valence-corrected chi connectivity index (χ0v) is 13.3. The maximum Gasteiger partial charge on any atom is 0.262 e. The largest absolute Gasteiger partial charge is 0.482 e. The number of aliphatic hydroxyl groups is 1. The van der Waals surface area contributed by atoms with Gasteiger partial charge >= 0.3 is 0 Å². The van der Waals surface area contributed by atoms with Crippen LogP contribution in [0.4, 0.5) is 5.69 Å². The Kier molecular flexibility index (Phi) is 5.61. The summed E-state index contributed by atoms with van der Waals surface area (Å²) in [6.07, 6.45) is 0. The van der Waals surface area contributed by atoms with E-state index in [1.54, 1.807) is 24.3 Å². The fourth-order valence-corrected chi connectivity index (χ4v) is 2.36. The molecule has 0 saturated carbocycles. The van der Waals surface area contributed by atoms with Crippen molar-refractivity contribution >= 4 is 39.1 Å². The number of hydrogen-bond donors (Lipinski definition) is 2. The van der Waals surface area contributed by atoms with Crippen LogP contribution in [0, 0.1) is 0 Å². The molecule has 4 nitrogen and oxygen atoms in total. The summed E-state index contributed by atoms with van der Waals surface area (Å²) in [6, 6.07) is 12.3. The van der Waals surface area contributed by atoms with Gasteiger partial charge in [0.1, 0.15) is 5.75 Å². The van der Waals surface area contributed by atoms with Crippen LogP contribution in [-0.2, 0) is 11.4 Å². The molecule has 2 N–H and O–H groups in total. The number of hydrogen-bond acceptors (Lipinski definition) is 3. The molecule has 0 aliphatic heterocycles. The number of halogens is 2. The smallest absolute Gasteiger partial charge is 0.262 e. The number of nitrogens with one attached hydrogen (secondary N) is 1. The van der Waals surface area contributed by atoms with Crippen LogP contribution >= 0.6 is 27.5 Å². The molecule has 0 aliphatic carbocycles. The highest BCUT2D eigenvalue weighted by atomic mass is 79.9. The third kappa shape index (κ3) is 4.20. The fraction of sp³-hybridized carbons (Fsp3) is 0.133. The van der Waals surface area contributed by atoms with Crippen LogP contribution in [0.2, 0.25) is 5.02 Å². The predicted octanol–water partition coefficient (Wildman–Crippen LogP) is 3.61. The molecule has 2 aromatic carbocycles. The second-order valence-corrected chi connectivity index (χ2v) is 5.46. The van der Waals surface area contributed by atoms with E-state index in [1.165, 1.54) is 0 Å². The lowest BCUT2D eigenvalue weighted by Gasteiger charge is -2.12. The number of rotatable bonds is 5. The third-order valence-corrected chi connectivity index (χ3v) is 3.70. The average Bonchev–Trinajstić information content (AvgIpc) is 2.48. The van der Waals surface area contributed by atoms with E-state index in [0.717, 1.165) is 4.47 Å². The van der Waals surface area contributed by atoms with Crippen LogP contribution in [0.3, 0.4) is 0 Å². The molecule has 0 radical (unpaired) electrons. The first-order chi connectivity index (χ1) is 10.1. The Morgan fingerprint density at radius 2 is 2.00 bits per heavy atom. The van der Waals surface area contributed by atoms with Crippen LogP contribution in [0.5, 0.6) is 5.75 Å². The lowest BCUT2D eigenvalue weighted by Crippen LogP contribution is -2.20. The molecule has 2 rings (SSSR count). The molecule has 2 aromatic rings. The molecule has 110 valence electrons. The predicted molar refractivity (Wildman–Crippen MR) is 85.6 cm³/mol. The first kappa shape index (κ1) is 15.8. The monoisotopic (exact) mass is 369 g/mol. The molecule has 0 fully saturated rings. The summed E-state index contributed by atoms with van der Waals surface area (Å²) in [4.78, 5) is 11.9. The Labute approximate surface area is 135 Å². The van der Waals surface area contributed by atoms with Crippen LogP contribution in [-0.4, -0.2) is 17.6 Å². The van der Waals surface area contributed by atoms with E-state index in [-0.39, 0.29) is 19.1 Å². The van der Waals surface area contributed by atoms with Crippen LogP contribution in [0.15, 0.2) is 46.9 Å². The van der Waals surface area contributed by atoms with Gasteiger partial charge in [0, 0.05) is 10.0 Å². The SMILES string of the molecule is O=C(COc1c(Cl)cccc1CO)Nc1ccccc1Br. The van der Waals surface area contributed by atoms with Crippen LogP contribution in [0.1, 0.15) is 5.56 Å². The molecule has 6 heteroatoms. The summed E-state index contributed by atoms with van der Waals surface area (Å²) in [6.45, 7) is -0.403. The molecule has 0 bridgehead atoms. The van der Waals surface area contributed by atoms with Crippen molar-refractivity contribution in [3.8, 4) is 5.75 Å². The van der Waals surface area contributed by atoms with Gasteiger partial charge in [0.25, 0.3) is 5.91 Å². The number of carbonyl (C=O) groups is 1. The van der Waals surface area contributed by atoms with E-state index in [0.29, 0.717) is 22.0 Å². The van der Waals surface area contributed by atoms with Crippen LogP contribution < -0.4 is 10.1 Å². The zero-order chi connectivity index (χ0) is 15.2. The minimum Gasteiger partial charge on any atom is -0.482 e. The van der Waals surface area contributed by atoms with E-state index >= 15 is 0 Å². The Morgan fingerprint density at radius 1 is 1.24 bits per heavy atom. The maximum absolute atomic E-state index is 11.9. The second kappa shape index (κ2) is 7.45. The Hall–Kier alpha value is -1.56. The van der Waals surface area contributed by atoms with Crippen molar-refractivity contribution in [1.82, 2.24) is 0 Å². The fourth-order valence-electron chi connectivity index (χ4n) is 1.73. The Balaban J connectivity index is 2.01. The molecule has 0 spiro atoms. The van der Waals surface area contributed by atoms with Gasteiger partial charge in [-0.25, -0.2) is 0 Å². The summed E-state index contributed by atoms with van der Waals surface area (Å²) in [5, 5.41) is 12.3. The summed E-state index contributed by atoms with van der Waals surface area (Å²) in [5.74, 6) is 0.00894. The molecule has 0 atom stereocenters. The van der Waals surface area contributed by atoms with Gasteiger partial charge in [-0.15, -0.1) is 0 Å². The standard InChI is InChI=1S/C15H13BrClNO3/c16-11-5-1-2-7-13(11)18-14(20)9-21-15-10(8-19)4-3-6-12(15)17/h1-7,19H,8-9H2,(H,18,20). The minimum atomic E-state index is -0.314. The molecule has 0 aromatic heterocycles. The summed E-state index contributed by atoms with van der Waals surface area (Å²) in [7, 11) is 0.